The molecule has 2 rings (SSSR count). The Hall–Kier alpha value is -0.650. The molecule has 2 aliphatic rings. The quantitative estimate of drug-likeness (QED) is 0.782. The molecule has 5 heteroatoms. The number of hydrogen-bond acceptors (Lipinski definition) is 4. The lowest BCUT2D eigenvalue weighted by Crippen LogP contribution is -2.57. The summed E-state index contributed by atoms with van der Waals surface area (Å²) in [5, 5.41) is 3.14. The molecule has 0 aromatic heterocycles. The van der Waals surface area contributed by atoms with Gasteiger partial charge in [-0.2, -0.15) is 0 Å². The molecule has 122 valence electrons. The lowest BCUT2D eigenvalue weighted by atomic mass is 9.97. The van der Waals surface area contributed by atoms with Crippen molar-refractivity contribution in [3.63, 3.8) is 0 Å². The molecule has 1 aliphatic carbocycles. The highest BCUT2D eigenvalue weighted by Gasteiger charge is 2.37. The molecular formula is C16H32N4O. The van der Waals surface area contributed by atoms with Crippen molar-refractivity contribution in [3.05, 3.63) is 0 Å². The highest BCUT2D eigenvalue weighted by molar-refractivity contribution is 5.86. The number of carbonyl (C=O) groups excluding carboxylic acids is 1. The van der Waals surface area contributed by atoms with E-state index in [-0.39, 0.29) is 5.91 Å². The molecule has 3 N–H and O–H groups in total. The molecule has 2 fully saturated rings. The first-order valence-electron chi connectivity index (χ1n) is 8.42. The number of likely N-dealkylation sites (N-methyl/N-ethyl adjacent to an activating group) is 1. The predicted octanol–water partition coefficient (Wildman–Crippen LogP) is 0.646. The van der Waals surface area contributed by atoms with Crippen molar-refractivity contribution >= 4 is 5.91 Å². The van der Waals surface area contributed by atoms with Crippen LogP contribution in [0.4, 0.5) is 0 Å². The van der Waals surface area contributed by atoms with E-state index in [1.54, 1.807) is 0 Å². The summed E-state index contributed by atoms with van der Waals surface area (Å²) >= 11 is 0. The molecule has 0 aromatic carbocycles. The highest BCUT2D eigenvalue weighted by atomic mass is 16.2. The molecule has 5 nitrogen and oxygen atoms in total. The summed E-state index contributed by atoms with van der Waals surface area (Å²) in [7, 11) is 2.17. The predicted molar refractivity (Wildman–Crippen MR) is 86.1 cm³/mol. The van der Waals surface area contributed by atoms with Crippen LogP contribution in [0.15, 0.2) is 0 Å². The van der Waals surface area contributed by atoms with Gasteiger partial charge in [0, 0.05) is 38.8 Å². The molecule has 21 heavy (non-hydrogen) atoms. The average molecular weight is 296 g/mol. The third kappa shape index (κ3) is 4.18. The van der Waals surface area contributed by atoms with Gasteiger partial charge in [-0.15, -0.1) is 0 Å². The fourth-order valence-corrected chi connectivity index (χ4v) is 3.55. The molecule has 1 amide bonds. The summed E-state index contributed by atoms with van der Waals surface area (Å²) in [5.74, 6) is 0.589. The van der Waals surface area contributed by atoms with E-state index < -0.39 is 5.54 Å². The zero-order valence-electron chi connectivity index (χ0n) is 13.9. The van der Waals surface area contributed by atoms with Crippen molar-refractivity contribution in [2.75, 3.05) is 39.8 Å². The lowest BCUT2D eigenvalue weighted by molar-refractivity contribution is -0.126. The Morgan fingerprint density at radius 2 is 1.76 bits per heavy atom. The van der Waals surface area contributed by atoms with E-state index in [4.69, 9.17) is 5.73 Å². The Balaban J connectivity index is 1.87. The van der Waals surface area contributed by atoms with Gasteiger partial charge in [-0.3, -0.25) is 9.69 Å². The van der Waals surface area contributed by atoms with Crippen LogP contribution in [0.3, 0.4) is 0 Å². The van der Waals surface area contributed by atoms with Crippen LogP contribution in [-0.4, -0.2) is 67.1 Å². The molecule has 1 unspecified atom stereocenters. The molecule has 1 saturated heterocycles. The number of piperazine rings is 1. The van der Waals surface area contributed by atoms with E-state index in [9.17, 15) is 4.79 Å². The summed E-state index contributed by atoms with van der Waals surface area (Å²) in [5.41, 5.74) is 5.62. The van der Waals surface area contributed by atoms with Crippen molar-refractivity contribution < 1.29 is 4.79 Å². The van der Waals surface area contributed by atoms with Crippen LogP contribution in [0.2, 0.25) is 0 Å². The van der Waals surface area contributed by atoms with Gasteiger partial charge in [0.25, 0.3) is 0 Å². The summed E-state index contributed by atoms with van der Waals surface area (Å²) in [6, 6.07) is 0.410. The van der Waals surface area contributed by atoms with Crippen LogP contribution < -0.4 is 11.1 Å². The van der Waals surface area contributed by atoms with Crippen molar-refractivity contribution in [2.45, 2.75) is 51.1 Å². The molecule has 0 bridgehead atoms. The number of carbonyl (C=O) groups is 1. The van der Waals surface area contributed by atoms with Gasteiger partial charge in [-0.05, 0) is 25.8 Å². The second-order valence-electron chi connectivity index (χ2n) is 7.22. The van der Waals surface area contributed by atoms with Crippen molar-refractivity contribution in [1.82, 2.24) is 15.1 Å². The first-order chi connectivity index (χ1) is 9.92. The van der Waals surface area contributed by atoms with E-state index in [1.165, 1.54) is 0 Å². The summed E-state index contributed by atoms with van der Waals surface area (Å²) in [4.78, 5) is 17.2. The number of nitrogens with two attached hydrogens (primary N) is 1. The van der Waals surface area contributed by atoms with Gasteiger partial charge in [0.05, 0.1) is 5.54 Å². The van der Waals surface area contributed by atoms with Crippen molar-refractivity contribution in [1.29, 1.82) is 0 Å². The van der Waals surface area contributed by atoms with Gasteiger partial charge >= 0.3 is 0 Å². The van der Waals surface area contributed by atoms with Crippen molar-refractivity contribution in [3.8, 4) is 0 Å². The fraction of sp³-hybridized carbons (Fsp3) is 0.938. The first-order valence-corrected chi connectivity index (χ1v) is 8.42. The lowest BCUT2D eigenvalue weighted by Gasteiger charge is -2.40. The number of rotatable bonds is 5. The maximum absolute atomic E-state index is 12.4. The third-order valence-electron chi connectivity index (χ3n) is 5.20. The highest BCUT2D eigenvalue weighted by Crippen LogP contribution is 2.27. The molecule has 0 aromatic rings. The van der Waals surface area contributed by atoms with Gasteiger partial charge in [-0.1, -0.05) is 26.7 Å². The number of amides is 1. The number of nitrogens with one attached hydrogen (secondary N) is 1. The zero-order chi connectivity index (χ0) is 15.5. The van der Waals surface area contributed by atoms with Crippen LogP contribution in [0, 0.1) is 5.92 Å². The van der Waals surface area contributed by atoms with Gasteiger partial charge in [0.2, 0.25) is 5.91 Å². The minimum absolute atomic E-state index is 0.0553. The Labute approximate surface area is 129 Å². The summed E-state index contributed by atoms with van der Waals surface area (Å²) < 4.78 is 0. The molecule has 0 spiro atoms. The number of nitrogens with zero attached hydrogens (tertiary/aromatic N) is 2. The Kier molecular flexibility index (Phi) is 5.63. The minimum atomic E-state index is -0.607. The van der Waals surface area contributed by atoms with Gasteiger partial charge in [0.15, 0.2) is 0 Å². The largest absolute Gasteiger partial charge is 0.353 e. The summed E-state index contributed by atoms with van der Waals surface area (Å²) in [6.07, 6.45) is 3.82. The van der Waals surface area contributed by atoms with Crippen molar-refractivity contribution in [2.24, 2.45) is 11.7 Å². The Morgan fingerprint density at radius 1 is 1.19 bits per heavy atom. The fourth-order valence-electron chi connectivity index (χ4n) is 3.55. The topological polar surface area (TPSA) is 61.6 Å². The van der Waals surface area contributed by atoms with Crippen LogP contribution in [0.5, 0.6) is 0 Å². The maximum atomic E-state index is 12.4. The SMILES string of the molecule is CC(C)C(CNC(=O)C1(N)CCCC1)N1CCN(C)CC1. The van der Waals surface area contributed by atoms with E-state index >= 15 is 0 Å². The Morgan fingerprint density at radius 3 is 2.29 bits per heavy atom. The van der Waals surface area contributed by atoms with Gasteiger partial charge in [0.1, 0.15) is 0 Å². The molecule has 1 aliphatic heterocycles. The van der Waals surface area contributed by atoms with Crippen LogP contribution in [-0.2, 0) is 4.79 Å². The second-order valence-corrected chi connectivity index (χ2v) is 7.22. The smallest absolute Gasteiger partial charge is 0.240 e. The second kappa shape index (κ2) is 7.07. The molecule has 1 heterocycles. The van der Waals surface area contributed by atoms with Crippen LogP contribution in [0.1, 0.15) is 39.5 Å². The zero-order valence-corrected chi connectivity index (χ0v) is 13.9. The van der Waals surface area contributed by atoms with E-state index in [0.717, 1.165) is 58.4 Å². The Bertz CT molecular complexity index is 344. The molecule has 1 saturated carbocycles. The average Bonchev–Trinajstić information content (AvgIpc) is 2.88. The molecular weight excluding hydrogens is 264 g/mol. The van der Waals surface area contributed by atoms with Crippen LogP contribution in [0.25, 0.3) is 0 Å². The van der Waals surface area contributed by atoms with E-state index in [2.05, 4.69) is 36.0 Å². The number of hydrogen-bond donors (Lipinski definition) is 2. The van der Waals surface area contributed by atoms with Gasteiger partial charge < -0.3 is 16.0 Å². The van der Waals surface area contributed by atoms with E-state index in [1.807, 2.05) is 0 Å². The standard InChI is InChI=1S/C16H32N4O/c1-13(2)14(20-10-8-19(3)9-11-20)12-18-15(21)16(17)6-4-5-7-16/h13-14H,4-12,17H2,1-3H3,(H,18,21). The third-order valence-corrected chi connectivity index (χ3v) is 5.20. The summed E-state index contributed by atoms with van der Waals surface area (Å²) in [6.45, 7) is 9.59. The monoisotopic (exact) mass is 296 g/mol. The maximum Gasteiger partial charge on any atom is 0.240 e. The van der Waals surface area contributed by atoms with Gasteiger partial charge in [-0.25, -0.2) is 0 Å². The van der Waals surface area contributed by atoms with Crippen LogP contribution >= 0.6 is 0 Å². The minimum Gasteiger partial charge on any atom is -0.353 e. The molecule has 1 atom stereocenters. The van der Waals surface area contributed by atoms with E-state index in [0.29, 0.717) is 12.0 Å². The normalized spacial score (nSPS) is 25.2. The molecule has 0 radical (unpaired) electrons. The first kappa shape index (κ1) is 16.7.